The van der Waals surface area contributed by atoms with Gasteiger partial charge < -0.3 is 21.9 Å². The molecule has 0 aromatic carbocycles. The second-order valence-electron chi connectivity index (χ2n) is 2.48. The quantitative estimate of drug-likeness (QED) is 0.378. The normalized spacial score (nSPS) is 9.40. The molecule has 7 nitrogen and oxygen atoms in total. The van der Waals surface area contributed by atoms with Crippen molar-refractivity contribution in [2.75, 3.05) is 0 Å². The molecule has 0 saturated carbocycles. The number of carboxylic acids is 3. The fourth-order valence-corrected chi connectivity index (χ4v) is 0.714. The Kier molecular flexibility index (Phi) is 11.3. The van der Waals surface area contributed by atoms with Crippen molar-refractivity contribution in [2.24, 2.45) is 0 Å². The Morgan fingerprint density at radius 2 is 1.27 bits per heavy atom. The molecule has 0 aliphatic carbocycles. The van der Waals surface area contributed by atoms with Crippen molar-refractivity contribution in [3.63, 3.8) is 0 Å². The first-order chi connectivity index (χ1) is 5.78. The monoisotopic (exact) mass is 323 g/mol. The third-order valence-corrected chi connectivity index (χ3v) is 1.29. The predicted molar refractivity (Wildman–Crippen MR) is 38.2 cm³/mol. The van der Waals surface area contributed by atoms with E-state index in [9.17, 15) is 14.4 Å². The molecule has 87 valence electrons. The van der Waals surface area contributed by atoms with E-state index >= 15 is 0 Å². The maximum atomic E-state index is 10.3. The summed E-state index contributed by atoms with van der Waals surface area (Å²) in [7, 11) is 0. The Morgan fingerprint density at radius 1 is 1.00 bits per heavy atom. The van der Waals surface area contributed by atoms with E-state index in [2.05, 4.69) is 0 Å². The molecule has 9 heteroatoms. The SMILES string of the molecule is O=C(O)CC(O)(CC(=O)O)C(=O)O.[Ag].[H-].[Na+]. The smallest absolute Gasteiger partial charge is 1.00 e. The summed E-state index contributed by atoms with van der Waals surface area (Å²) < 4.78 is 0. The number of hydrogen-bond donors (Lipinski definition) is 4. The van der Waals surface area contributed by atoms with Gasteiger partial charge in [-0.15, -0.1) is 0 Å². The molecule has 0 atom stereocenters. The van der Waals surface area contributed by atoms with E-state index in [1.807, 2.05) is 0 Å². The van der Waals surface area contributed by atoms with Crippen LogP contribution in [0.4, 0.5) is 0 Å². The summed E-state index contributed by atoms with van der Waals surface area (Å²) in [5.74, 6) is -5.02. The number of rotatable bonds is 5. The maximum absolute atomic E-state index is 10.3. The molecule has 0 aliphatic heterocycles. The van der Waals surface area contributed by atoms with Crippen LogP contribution in [0.2, 0.25) is 0 Å². The van der Waals surface area contributed by atoms with Crippen LogP contribution in [0.25, 0.3) is 0 Å². The second-order valence-corrected chi connectivity index (χ2v) is 2.48. The predicted octanol–water partition coefficient (Wildman–Crippen LogP) is -4.13. The van der Waals surface area contributed by atoms with Crippen LogP contribution < -0.4 is 29.6 Å². The van der Waals surface area contributed by atoms with Crippen molar-refractivity contribution in [3.05, 3.63) is 0 Å². The van der Waals surface area contributed by atoms with E-state index in [4.69, 9.17) is 20.4 Å². The van der Waals surface area contributed by atoms with Crippen molar-refractivity contribution in [3.8, 4) is 0 Å². The summed E-state index contributed by atoms with van der Waals surface area (Å²) in [5.41, 5.74) is -2.74. The van der Waals surface area contributed by atoms with Gasteiger partial charge in [-0.3, -0.25) is 9.59 Å². The second kappa shape index (κ2) is 8.28. The van der Waals surface area contributed by atoms with Gasteiger partial charge in [0.25, 0.3) is 0 Å². The van der Waals surface area contributed by atoms with Crippen LogP contribution in [0.3, 0.4) is 0 Å². The van der Waals surface area contributed by atoms with Crippen LogP contribution in [-0.4, -0.2) is 43.9 Å². The third kappa shape index (κ3) is 7.97. The molecule has 0 aromatic heterocycles. The minimum absolute atomic E-state index is 0. The molecule has 0 rings (SSSR count). The molecular formula is C6H9AgNaO7. The van der Waals surface area contributed by atoms with Gasteiger partial charge in [-0.05, 0) is 0 Å². The number of aliphatic carboxylic acids is 3. The Labute approximate surface area is 124 Å². The van der Waals surface area contributed by atoms with Crippen molar-refractivity contribution in [2.45, 2.75) is 18.4 Å². The van der Waals surface area contributed by atoms with Crippen molar-refractivity contribution in [1.29, 1.82) is 0 Å². The van der Waals surface area contributed by atoms with Crippen molar-refractivity contribution < 1.29 is 88.2 Å². The van der Waals surface area contributed by atoms with Gasteiger partial charge in [0.2, 0.25) is 0 Å². The van der Waals surface area contributed by atoms with Gasteiger partial charge in [-0.1, -0.05) is 0 Å². The number of hydrogen-bond acceptors (Lipinski definition) is 4. The van der Waals surface area contributed by atoms with Crippen LogP contribution in [-0.2, 0) is 36.8 Å². The molecule has 1 radical (unpaired) electrons. The minimum Gasteiger partial charge on any atom is -1.00 e. The molecule has 0 amide bonds. The van der Waals surface area contributed by atoms with Gasteiger partial charge in [0.1, 0.15) is 0 Å². The average molecular weight is 324 g/mol. The van der Waals surface area contributed by atoms with Crippen molar-refractivity contribution >= 4 is 17.9 Å². The summed E-state index contributed by atoms with van der Waals surface area (Å²) in [5, 5.41) is 33.8. The average Bonchev–Trinajstić information content (AvgIpc) is 1.82. The molecule has 0 saturated heterocycles. The van der Waals surface area contributed by atoms with E-state index in [0.717, 1.165) is 0 Å². The number of carbonyl (C=O) groups is 3. The Hall–Kier alpha value is 0.110. The molecule has 0 unspecified atom stereocenters. The Balaban J connectivity index is -0.000000240. The fourth-order valence-electron chi connectivity index (χ4n) is 0.714. The standard InChI is InChI=1S/C6H8O7.Ag.Na.H/c7-3(8)1-6(13,5(11)12)2-4(9)10;;;/h13H,1-2H2,(H,7,8)(H,9,10)(H,11,12);;;/q;;+1;-1. The summed E-state index contributed by atoms with van der Waals surface area (Å²) >= 11 is 0. The first kappa shape index (κ1) is 20.5. The zero-order valence-corrected chi connectivity index (χ0v) is 11.2. The zero-order valence-electron chi connectivity index (χ0n) is 8.73. The van der Waals surface area contributed by atoms with E-state index in [0.29, 0.717) is 0 Å². The molecule has 0 bridgehead atoms. The molecule has 0 aliphatic rings. The van der Waals surface area contributed by atoms with Gasteiger partial charge in [0, 0.05) is 22.4 Å². The third-order valence-electron chi connectivity index (χ3n) is 1.29. The summed E-state index contributed by atoms with van der Waals surface area (Å²) in [6.45, 7) is 0. The van der Waals surface area contributed by atoms with E-state index in [1.54, 1.807) is 0 Å². The first-order valence-electron chi connectivity index (χ1n) is 3.17. The molecule has 0 spiro atoms. The maximum Gasteiger partial charge on any atom is 1.00 e. The fraction of sp³-hybridized carbons (Fsp3) is 0.500. The topological polar surface area (TPSA) is 132 Å². The first-order valence-corrected chi connectivity index (χ1v) is 3.17. The Morgan fingerprint density at radius 3 is 1.40 bits per heavy atom. The molecule has 0 fully saturated rings. The Bertz CT molecular complexity index is 243. The van der Waals surface area contributed by atoms with Crippen LogP contribution in [0.1, 0.15) is 14.3 Å². The van der Waals surface area contributed by atoms with E-state index in [1.165, 1.54) is 0 Å². The van der Waals surface area contributed by atoms with Gasteiger partial charge in [-0.2, -0.15) is 0 Å². The summed E-state index contributed by atoms with van der Waals surface area (Å²) in [6.07, 6.45) is -2.29. The van der Waals surface area contributed by atoms with Crippen LogP contribution in [0, 0.1) is 0 Å². The van der Waals surface area contributed by atoms with Gasteiger partial charge in [-0.25, -0.2) is 4.79 Å². The number of aliphatic hydroxyl groups is 1. The minimum atomic E-state index is -2.74. The van der Waals surface area contributed by atoms with Gasteiger partial charge >= 0.3 is 47.5 Å². The van der Waals surface area contributed by atoms with Crippen LogP contribution >= 0.6 is 0 Å². The van der Waals surface area contributed by atoms with Gasteiger partial charge in [0.15, 0.2) is 5.60 Å². The van der Waals surface area contributed by atoms with Crippen LogP contribution in [0.5, 0.6) is 0 Å². The largest absolute Gasteiger partial charge is 1.00 e. The summed E-state index contributed by atoms with van der Waals surface area (Å²) in [6, 6.07) is 0. The number of carboxylic acid groups (broad SMARTS) is 3. The molecule has 0 aromatic rings. The zero-order chi connectivity index (χ0) is 10.6. The van der Waals surface area contributed by atoms with Crippen LogP contribution in [0.15, 0.2) is 0 Å². The van der Waals surface area contributed by atoms with E-state index in [-0.39, 0.29) is 53.4 Å². The van der Waals surface area contributed by atoms with Gasteiger partial charge in [0.05, 0.1) is 12.8 Å². The molecule has 15 heavy (non-hydrogen) atoms. The van der Waals surface area contributed by atoms with Crippen molar-refractivity contribution in [1.82, 2.24) is 0 Å². The van der Waals surface area contributed by atoms with E-state index < -0.39 is 36.4 Å². The molecular weight excluding hydrogens is 315 g/mol. The molecule has 0 heterocycles. The summed E-state index contributed by atoms with van der Waals surface area (Å²) in [4.78, 5) is 30.5. The molecule has 4 N–H and O–H groups in total.